The largest absolute Gasteiger partial charge is 0.467 e. The number of carbonyl (C=O) groups is 1. The zero-order valence-electron chi connectivity index (χ0n) is 11.0. The molecule has 0 atom stereocenters. The molecule has 2 heterocycles. The predicted octanol–water partition coefficient (Wildman–Crippen LogP) is 2.14. The standard InChI is InChI=1S/C13H17N3O2S/c1-10(2)15-12(17)9-19-13-14-5-6-16(13)8-11-4-3-7-18-11/h3-7,10H,8-9H2,1-2H3,(H,15,17). The minimum Gasteiger partial charge on any atom is -0.467 e. The highest BCUT2D eigenvalue weighted by Crippen LogP contribution is 2.17. The molecule has 2 rings (SSSR count). The lowest BCUT2D eigenvalue weighted by molar-refractivity contribution is -0.119. The van der Waals surface area contributed by atoms with Crippen LogP contribution in [-0.4, -0.2) is 27.3 Å². The van der Waals surface area contributed by atoms with E-state index in [9.17, 15) is 4.79 Å². The molecule has 0 bridgehead atoms. The smallest absolute Gasteiger partial charge is 0.230 e. The Morgan fingerprint density at radius 3 is 3.11 bits per heavy atom. The number of nitrogens with zero attached hydrogens (tertiary/aromatic N) is 2. The molecular formula is C13H17N3O2S. The summed E-state index contributed by atoms with van der Waals surface area (Å²) in [5.74, 6) is 1.26. The average Bonchev–Trinajstić information content (AvgIpc) is 2.98. The van der Waals surface area contributed by atoms with Crippen LogP contribution in [0.1, 0.15) is 19.6 Å². The molecule has 5 nitrogen and oxygen atoms in total. The Morgan fingerprint density at radius 1 is 1.58 bits per heavy atom. The molecule has 0 unspecified atom stereocenters. The zero-order chi connectivity index (χ0) is 13.7. The van der Waals surface area contributed by atoms with E-state index >= 15 is 0 Å². The van der Waals surface area contributed by atoms with Crippen LogP contribution in [0.4, 0.5) is 0 Å². The van der Waals surface area contributed by atoms with Crippen molar-refractivity contribution in [1.82, 2.24) is 14.9 Å². The summed E-state index contributed by atoms with van der Waals surface area (Å²) >= 11 is 1.42. The molecular weight excluding hydrogens is 262 g/mol. The fourth-order valence-electron chi connectivity index (χ4n) is 1.62. The second kappa shape index (κ2) is 6.47. The van der Waals surface area contributed by atoms with E-state index in [1.54, 1.807) is 12.5 Å². The summed E-state index contributed by atoms with van der Waals surface area (Å²) < 4.78 is 7.27. The van der Waals surface area contributed by atoms with Crippen molar-refractivity contribution in [2.45, 2.75) is 31.6 Å². The van der Waals surface area contributed by atoms with Crippen molar-refractivity contribution >= 4 is 17.7 Å². The monoisotopic (exact) mass is 279 g/mol. The molecule has 0 radical (unpaired) electrons. The number of carbonyl (C=O) groups excluding carboxylic acids is 1. The molecule has 1 amide bonds. The van der Waals surface area contributed by atoms with E-state index in [0.29, 0.717) is 12.3 Å². The summed E-state index contributed by atoms with van der Waals surface area (Å²) in [6, 6.07) is 3.94. The molecule has 0 aliphatic heterocycles. The Bertz CT molecular complexity index is 520. The van der Waals surface area contributed by atoms with Gasteiger partial charge in [0, 0.05) is 18.4 Å². The molecule has 19 heavy (non-hydrogen) atoms. The molecule has 102 valence electrons. The number of nitrogens with one attached hydrogen (secondary N) is 1. The third-order valence-electron chi connectivity index (χ3n) is 2.37. The Morgan fingerprint density at radius 2 is 2.42 bits per heavy atom. The van der Waals surface area contributed by atoms with Crippen molar-refractivity contribution in [3.05, 3.63) is 36.5 Å². The first-order valence-electron chi connectivity index (χ1n) is 6.11. The van der Waals surface area contributed by atoms with Gasteiger partial charge in [-0.3, -0.25) is 4.79 Å². The SMILES string of the molecule is CC(C)NC(=O)CSc1nccn1Cc1ccco1. The third kappa shape index (κ3) is 4.17. The van der Waals surface area contributed by atoms with Crippen LogP contribution in [0.5, 0.6) is 0 Å². The van der Waals surface area contributed by atoms with Crippen molar-refractivity contribution in [2.24, 2.45) is 0 Å². The average molecular weight is 279 g/mol. The molecule has 0 aromatic carbocycles. The van der Waals surface area contributed by atoms with Gasteiger partial charge in [0.05, 0.1) is 18.6 Å². The molecule has 0 saturated heterocycles. The molecule has 0 fully saturated rings. The maximum Gasteiger partial charge on any atom is 0.230 e. The summed E-state index contributed by atoms with van der Waals surface area (Å²) in [6.45, 7) is 4.52. The number of furan rings is 1. The lowest BCUT2D eigenvalue weighted by Crippen LogP contribution is -2.31. The van der Waals surface area contributed by atoms with E-state index in [2.05, 4.69) is 10.3 Å². The van der Waals surface area contributed by atoms with E-state index in [4.69, 9.17) is 4.42 Å². The van der Waals surface area contributed by atoms with Crippen LogP contribution in [0, 0.1) is 0 Å². The van der Waals surface area contributed by atoms with Gasteiger partial charge in [-0.05, 0) is 26.0 Å². The minimum atomic E-state index is 0.0209. The van der Waals surface area contributed by atoms with Gasteiger partial charge in [-0.1, -0.05) is 11.8 Å². The number of hydrogen-bond donors (Lipinski definition) is 1. The van der Waals surface area contributed by atoms with Crippen LogP contribution in [0.25, 0.3) is 0 Å². The van der Waals surface area contributed by atoms with Gasteiger partial charge >= 0.3 is 0 Å². The number of amides is 1. The van der Waals surface area contributed by atoms with Gasteiger partial charge in [-0.25, -0.2) is 4.98 Å². The van der Waals surface area contributed by atoms with Gasteiger partial charge in [0.15, 0.2) is 5.16 Å². The van der Waals surface area contributed by atoms with Crippen molar-refractivity contribution in [3.63, 3.8) is 0 Å². The normalized spacial score (nSPS) is 10.9. The molecule has 2 aromatic rings. The van der Waals surface area contributed by atoms with Crippen molar-refractivity contribution in [1.29, 1.82) is 0 Å². The molecule has 0 aliphatic rings. The second-order valence-electron chi connectivity index (χ2n) is 4.43. The van der Waals surface area contributed by atoms with Crippen LogP contribution < -0.4 is 5.32 Å². The summed E-state index contributed by atoms with van der Waals surface area (Å²) in [5.41, 5.74) is 0. The number of thioether (sulfide) groups is 1. The molecule has 0 saturated carbocycles. The highest BCUT2D eigenvalue weighted by Gasteiger charge is 2.09. The van der Waals surface area contributed by atoms with Gasteiger partial charge in [0.25, 0.3) is 0 Å². The number of imidazole rings is 1. The van der Waals surface area contributed by atoms with Gasteiger partial charge in [-0.15, -0.1) is 0 Å². The van der Waals surface area contributed by atoms with Gasteiger partial charge in [0.1, 0.15) is 5.76 Å². The molecule has 2 aromatic heterocycles. The highest BCUT2D eigenvalue weighted by molar-refractivity contribution is 7.99. The molecule has 0 spiro atoms. The Hall–Kier alpha value is -1.69. The second-order valence-corrected chi connectivity index (χ2v) is 5.37. The predicted molar refractivity (Wildman–Crippen MR) is 74.0 cm³/mol. The van der Waals surface area contributed by atoms with Gasteiger partial charge in [0.2, 0.25) is 5.91 Å². The van der Waals surface area contributed by atoms with Gasteiger partial charge < -0.3 is 14.3 Å². The topological polar surface area (TPSA) is 60.1 Å². The van der Waals surface area contributed by atoms with E-state index in [0.717, 1.165) is 10.9 Å². The summed E-state index contributed by atoms with van der Waals surface area (Å²) in [5, 5.41) is 3.67. The summed E-state index contributed by atoms with van der Waals surface area (Å²) in [6.07, 6.45) is 5.26. The molecule has 1 N–H and O–H groups in total. The van der Waals surface area contributed by atoms with E-state index in [1.807, 2.05) is 36.7 Å². The Balaban J connectivity index is 1.91. The zero-order valence-corrected chi connectivity index (χ0v) is 11.8. The lowest BCUT2D eigenvalue weighted by Gasteiger charge is -2.08. The third-order valence-corrected chi connectivity index (χ3v) is 3.37. The summed E-state index contributed by atoms with van der Waals surface area (Å²) in [4.78, 5) is 15.8. The van der Waals surface area contributed by atoms with Gasteiger partial charge in [-0.2, -0.15) is 0 Å². The fraction of sp³-hybridized carbons (Fsp3) is 0.385. The van der Waals surface area contributed by atoms with E-state index in [-0.39, 0.29) is 11.9 Å². The van der Waals surface area contributed by atoms with Crippen molar-refractivity contribution < 1.29 is 9.21 Å². The molecule has 6 heteroatoms. The fourth-order valence-corrected chi connectivity index (χ4v) is 2.39. The van der Waals surface area contributed by atoms with Crippen LogP contribution in [0.2, 0.25) is 0 Å². The number of rotatable bonds is 6. The first kappa shape index (κ1) is 13.7. The van der Waals surface area contributed by atoms with E-state index in [1.165, 1.54) is 11.8 Å². The van der Waals surface area contributed by atoms with Crippen LogP contribution in [0.15, 0.2) is 40.4 Å². The minimum absolute atomic E-state index is 0.0209. The Labute approximate surface area is 116 Å². The first-order valence-corrected chi connectivity index (χ1v) is 7.09. The number of hydrogen-bond acceptors (Lipinski definition) is 4. The summed E-state index contributed by atoms with van der Waals surface area (Å²) in [7, 11) is 0. The van der Waals surface area contributed by atoms with Crippen LogP contribution in [0.3, 0.4) is 0 Å². The maximum absolute atomic E-state index is 11.6. The highest BCUT2D eigenvalue weighted by atomic mass is 32.2. The maximum atomic E-state index is 11.6. The number of aromatic nitrogens is 2. The lowest BCUT2D eigenvalue weighted by atomic mass is 10.4. The van der Waals surface area contributed by atoms with Crippen molar-refractivity contribution in [3.8, 4) is 0 Å². The quantitative estimate of drug-likeness (QED) is 0.823. The van der Waals surface area contributed by atoms with Crippen LogP contribution >= 0.6 is 11.8 Å². The Kier molecular flexibility index (Phi) is 4.68. The van der Waals surface area contributed by atoms with Crippen molar-refractivity contribution in [2.75, 3.05) is 5.75 Å². The van der Waals surface area contributed by atoms with E-state index < -0.39 is 0 Å². The first-order chi connectivity index (χ1) is 9.15. The van der Waals surface area contributed by atoms with Crippen LogP contribution in [-0.2, 0) is 11.3 Å². The molecule has 0 aliphatic carbocycles.